The van der Waals surface area contributed by atoms with E-state index in [-0.39, 0.29) is 0 Å². The van der Waals surface area contributed by atoms with Crippen LogP contribution in [0.3, 0.4) is 0 Å². The minimum Gasteiger partial charge on any atom is -0.316 e. The second-order valence-corrected chi connectivity index (χ2v) is 7.09. The molecule has 2 N–H and O–H groups in total. The Balaban J connectivity index is 1.94. The van der Waals surface area contributed by atoms with Crippen LogP contribution in [-0.4, -0.2) is 33.0 Å². The van der Waals surface area contributed by atoms with Gasteiger partial charge in [-0.15, -0.1) is 0 Å². The molecule has 0 bridgehead atoms. The monoisotopic (exact) mass is 283 g/mol. The van der Waals surface area contributed by atoms with E-state index in [4.69, 9.17) is 0 Å². The smallest absolute Gasteiger partial charge is 0.219 e. The van der Waals surface area contributed by atoms with Gasteiger partial charge in [0.15, 0.2) is 0 Å². The van der Waals surface area contributed by atoms with E-state index in [0.717, 1.165) is 25.9 Å². The predicted octanol–water partition coefficient (Wildman–Crippen LogP) is 1.06. The molecule has 6 heteroatoms. The van der Waals surface area contributed by atoms with Gasteiger partial charge < -0.3 is 5.32 Å². The lowest BCUT2D eigenvalue weighted by Gasteiger charge is -2.23. The number of aromatic nitrogens is 1. The molecule has 1 saturated heterocycles. The molecule has 1 aliphatic rings. The van der Waals surface area contributed by atoms with Crippen LogP contribution in [0, 0.1) is 5.92 Å². The van der Waals surface area contributed by atoms with Gasteiger partial charge in [-0.25, -0.2) is 13.1 Å². The van der Waals surface area contributed by atoms with Crippen LogP contribution < -0.4 is 10.0 Å². The van der Waals surface area contributed by atoms with E-state index in [1.165, 1.54) is 0 Å². The number of nitrogens with zero attached hydrogens (tertiary/aromatic N) is 1. The van der Waals surface area contributed by atoms with Crippen molar-refractivity contribution in [3.05, 3.63) is 30.1 Å². The van der Waals surface area contributed by atoms with Crippen molar-refractivity contribution in [3.63, 3.8) is 0 Å². The van der Waals surface area contributed by atoms with Gasteiger partial charge in [0, 0.05) is 12.7 Å². The molecule has 2 atom stereocenters. The van der Waals surface area contributed by atoms with Crippen molar-refractivity contribution in [2.45, 2.75) is 25.0 Å². The minimum absolute atomic E-state index is 0.388. The zero-order chi connectivity index (χ0) is 13.7. The van der Waals surface area contributed by atoms with Crippen LogP contribution in [-0.2, 0) is 10.0 Å². The van der Waals surface area contributed by atoms with Crippen LogP contribution in [0.5, 0.6) is 0 Å². The number of nitrogens with one attached hydrogen (secondary N) is 2. The van der Waals surface area contributed by atoms with Gasteiger partial charge in [0.05, 0.1) is 5.69 Å². The van der Waals surface area contributed by atoms with Gasteiger partial charge in [0.2, 0.25) is 10.0 Å². The van der Waals surface area contributed by atoms with E-state index in [9.17, 15) is 8.42 Å². The molecule has 106 valence electrons. The van der Waals surface area contributed by atoms with Crippen molar-refractivity contribution < 1.29 is 8.42 Å². The molecule has 0 amide bonds. The standard InChI is InChI=1S/C13H21N3O2S/c1-11(13-6-2-3-8-15-13)19(17,18)16-10-12-5-4-7-14-9-12/h2-3,6,8,11-12,14,16H,4-5,7,9-10H2,1H3/t11-,12-/m1/s1. The summed E-state index contributed by atoms with van der Waals surface area (Å²) >= 11 is 0. The first kappa shape index (κ1) is 14.4. The van der Waals surface area contributed by atoms with E-state index in [2.05, 4.69) is 15.0 Å². The summed E-state index contributed by atoms with van der Waals surface area (Å²) in [5.74, 6) is 0.388. The Morgan fingerprint density at radius 1 is 1.53 bits per heavy atom. The summed E-state index contributed by atoms with van der Waals surface area (Å²) in [5, 5.41) is 2.66. The Hall–Kier alpha value is -0.980. The summed E-state index contributed by atoms with van der Waals surface area (Å²) in [6.45, 7) is 4.10. The SMILES string of the molecule is C[C@H](c1ccccn1)S(=O)(=O)NC[C@@H]1CCCNC1. The molecule has 2 heterocycles. The summed E-state index contributed by atoms with van der Waals surface area (Å²) in [6, 6.07) is 5.33. The third-order valence-electron chi connectivity index (χ3n) is 3.54. The molecule has 1 aromatic rings. The number of hydrogen-bond donors (Lipinski definition) is 2. The lowest BCUT2D eigenvalue weighted by Crippen LogP contribution is -2.39. The van der Waals surface area contributed by atoms with E-state index in [0.29, 0.717) is 18.2 Å². The molecular formula is C13H21N3O2S. The predicted molar refractivity (Wildman–Crippen MR) is 75.2 cm³/mol. The quantitative estimate of drug-likeness (QED) is 0.848. The second-order valence-electron chi connectivity index (χ2n) is 5.00. The average molecular weight is 283 g/mol. The Morgan fingerprint density at radius 3 is 3.00 bits per heavy atom. The van der Waals surface area contributed by atoms with Gasteiger partial charge >= 0.3 is 0 Å². The highest BCUT2D eigenvalue weighted by Gasteiger charge is 2.24. The van der Waals surface area contributed by atoms with Crippen molar-refractivity contribution in [1.82, 2.24) is 15.0 Å². The molecule has 1 aromatic heterocycles. The molecule has 1 aliphatic heterocycles. The normalized spacial score (nSPS) is 22.1. The number of hydrogen-bond acceptors (Lipinski definition) is 4. The topological polar surface area (TPSA) is 71.1 Å². The number of pyridine rings is 1. The highest BCUT2D eigenvalue weighted by molar-refractivity contribution is 7.89. The maximum absolute atomic E-state index is 12.2. The van der Waals surface area contributed by atoms with Crippen LogP contribution in [0.2, 0.25) is 0 Å². The first-order valence-electron chi connectivity index (χ1n) is 6.70. The Labute approximate surface area is 114 Å². The number of piperidine rings is 1. The van der Waals surface area contributed by atoms with Crippen LogP contribution in [0.1, 0.15) is 30.7 Å². The Morgan fingerprint density at radius 2 is 2.37 bits per heavy atom. The van der Waals surface area contributed by atoms with Gasteiger partial charge in [-0.3, -0.25) is 4.98 Å². The third-order valence-corrected chi connectivity index (χ3v) is 5.28. The van der Waals surface area contributed by atoms with Crippen LogP contribution in [0.15, 0.2) is 24.4 Å². The molecule has 0 saturated carbocycles. The fraction of sp³-hybridized carbons (Fsp3) is 0.615. The highest BCUT2D eigenvalue weighted by atomic mass is 32.2. The number of rotatable bonds is 5. The van der Waals surface area contributed by atoms with Gasteiger partial charge in [0.1, 0.15) is 5.25 Å². The largest absolute Gasteiger partial charge is 0.316 e. The molecule has 2 rings (SSSR count). The fourth-order valence-electron chi connectivity index (χ4n) is 2.23. The van der Waals surface area contributed by atoms with E-state index in [1.54, 1.807) is 31.3 Å². The van der Waals surface area contributed by atoms with Gasteiger partial charge in [0.25, 0.3) is 0 Å². The van der Waals surface area contributed by atoms with Crippen molar-refractivity contribution in [2.24, 2.45) is 5.92 Å². The molecule has 0 aromatic carbocycles. The third kappa shape index (κ3) is 3.99. The summed E-state index contributed by atoms with van der Waals surface area (Å²) in [5.41, 5.74) is 0.580. The van der Waals surface area contributed by atoms with Gasteiger partial charge in [-0.05, 0) is 50.9 Å². The van der Waals surface area contributed by atoms with Gasteiger partial charge in [-0.2, -0.15) is 0 Å². The fourth-order valence-corrected chi connectivity index (χ4v) is 3.41. The lowest BCUT2D eigenvalue weighted by molar-refractivity contribution is 0.375. The van der Waals surface area contributed by atoms with Crippen LogP contribution in [0.25, 0.3) is 0 Å². The van der Waals surface area contributed by atoms with E-state index < -0.39 is 15.3 Å². The Kier molecular flexibility index (Phi) is 4.90. The molecule has 0 radical (unpaired) electrons. The number of sulfonamides is 1. The second kappa shape index (κ2) is 6.45. The molecule has 0 spiro atoms. The highest BCUT2D eigenvalue weighted by Crippen LogP contribution is 2.18. The summed E-state index contributed by atoms with van der Waals surface area (Å²) in [4.78, 5) is 4.11. The summed E-state index contributed by atoms with van der Waals surface area (Å²) in [6.07, 6.45) is 3.81. The average Bonchev–Trinajstić information content (AvgIpc) is 2.46. The Bertz CT molecular complexity index is 484. The van der Waals surface area contributed by atoms with Crippen LogP contribution in [0.4, 0.5) is 0 Å². The van der Waals surface area contributed by atoms with Crippen molar-refractivity contribution in [2.75, 3.05) is 19.6 Å². The maximum atomic E-state index is 12.2. The zero-order valence-electron chi connectivity index (χ0n) is 11.2. The lowest BCUT2D eigenvalue weighted by atomic mass is 10.0. The molecule has 5 nitrogen and oxygen atoms in total. The molecule has 1 fully saturated rings. The molecular weight excluding hydrogens is 262 g/mol. The first-order chi connectivity index (χ1) is 9.09. The van der Waals surface area contributed by atoms with Crippen molar-refractivity contribution in [3.8, 4) is 0 Å². The minimum atomic E-state index is -3.35. The molecule has 0 aliphatic carbocycles. The summed E-state index contributed by atoms with van der Waals surface area (Å²) in [7, 11) is -3.35. The maximum Gasteiger partial charge on any atom is 0.219 e. The first-order valence-corrected chi connectivity index (χ1v) is 8.24. The van der Waals surface area contributed by atoms with Crippen molar-refractivity contribution in [1.29, 1.82) is 0 Å². The molecule has 19 heavy (non-hydrogen) atoms. The zero-order valence-corrected chi connectivity index (χ0v) is 12.0. The van der Waals surface area contributed by atoms with Crippen molar-refractivity contribution >= 4 is 10.0 Å². The summed E-state index contributed by atoms with van der Waals surface area (Å²) < 4.78 is 27.1. The van der Waals surface area contributed by atoms with E-state index >= 15 is 0 Å². The molecule has 0 unspecified atom stereocenters. The van der Waals surface area contributed by atoms with E-state index in [1.807, 2.05) is 0 Å². The van der Waals surface area contributed by atoms with Gasteiger partial charge in [-0.1, -0.05) is 6.07 Å². The van der Waals surface area contributed by atoms with Crippen LogP contribution >= 0.6 is 0 Å².